The second-order valence-electron chi connectivity index (χ2n) is 6.80. The van der Waals surface area contributed by atoms with Crippen LogP contribution in [0.1, 0.15) is 45.7 Å². The smallest absolute Gasteiger partial charge is 0.338 e. The summed E-state index contributed by atoms with van der Waals surface area (Å²) in [4.78, 5) is 17.1. The van der Waals surface area contributed by atoms with Gasteiger partial charge >= 0.3 is 5.97 Å². The second kappa shape index (κ2) is 8.68. The average molecular weight is 403 g/mol. The molecule has 2 aromatic rings. The number of nitrogens with zero attached hydrogens (tertiary/aromatic N) is 3. The van der Waals surface area contributed by atoms with Gasteiger partial charge in [-0.05, 0) is 44.9 Å². The molecule has 0 saturated heterocycles. The fourth-order valence-electron chi connectivity index (χ4n) is 3.07. The molecule has 0 spiro atoms. The van der Waals surface area contributed by atoms with Gasteiger partial charge in [-0.2, -0.15) is 4.98 Å². The molecule has 0 bridgehead atoms. The van der Waals surface area contributed by atoms with Crippen molar-refractivity contribution in [2.24, 2.45) is 0 Å². The Morgan fingerprint density at radius 1 is 1.32 bits per heavy atom. The van der Waals surface area contributed by atoms with E-state index in [0.717, 1.165) is 23.5 Å². The van der Waals surface area contributed by atoms with Gasteiger partial charge in [0.2, 0.25) is 11.1 Å². The topological polar surface area (TPSA) is 78.3 Å². The standard InChI is InChI=1S/C20H26N4O3S/c1-6-11-28-20-22-19-21-13(4)16(18(25)26-5)17(24(19)23-20)14-7-9-15(10-8-14)27-12(2)3/h7-10,12,17H,6,11H2,1-5H3,(H,21,22,23). The van der Waals surface area contributed by atoms with Gasteiger partial charge < -0.3 is 14.8 Å². The zero-order valence-electron chi connectivity index (χ0n) is 16.9. The largest absolute Gasteiger partial charge is 0.491 e. The van der Waals surface area contributed by atoms with Crippen molar-refractivity contribution in [1.29, 1.82) is 0 Å². The average Bonchev–Trinajstić information content (AvgIpc) is 3.07. The van der Waals surface area contributed by atoms with Crippen LogP contribution in [0.3, 0.4) is 0 Å². The molecule has 1 aliphatic rings. The summed E-state index contributed by atoms with van der Waals surface area (Å²) in [5.74, 6) is 1.95. The first-order valence-corrected chi connectivity index (χ1v) is 10.3. The second-order valence-corrected chi connectivity index (χ2v) is 7.87. The molecule has 8 heteroatoms. The highest BCUT2D eigenvalue weighted by atomic mass is 32.2. The molecule has 3 rings (SSSR count). The molecule has 1 aromatic heterocycles. The summed E-state index contributed by atoms with van der Waals surface area (Å²) in [7, 11) is 1.39. The van der Waals surface area contributed by atoms with Crippen LogP contribution in [-0.4, -0.2) is 39.7 Å². The molecule has 2 heterocycles. The first-order chi connectivity index (χ1) is 13.4. The number of hydrogen-bond acceptors (Lipinski definition) is 7. The lowest BCUT2D eigenvalue weighted by atomic mass is 9.96. The number of hydrogen-bond donors (Lipinski definition) is 1. The first-order valence-electron chi connectivity index (χ1n) is 9.36. The highest BCUT2D eigenvalue weighted by molar-refractivity contribution is 7.99. The van der Waals surface area contributed by atoms with Crippen LogP contribution >= 0.6 is 11.8 Å². The van der Waals surface area contributed by atoms with Crippen LogP contribution in [0, 0.1) is 0 Å². The number of benzene rings is 1. The van der Waals surface area contributed by atoms with Crippen molar-refractivity contribution >= 4 is 23.7 Å². The molecule has 7 nitrogen and oxygen atoms in total. The molecule has 1 unspecified atom stereocenters. The fourth-order valence-corrected chi connectivity index (χ4v) is 3.75. The Kier molecular flexibility index (Phi) is 6.28. The number of nitrogens with one attached hydrogen (secondary N) is 1. The number of fused-ring (bicyclic) bond motifs is 1. The van der Waals surface area contributed by atoms with Gasteiger partial charge in [-0.25, -0.2) is 9.48 Å². The van der Waals surface area contributed by atoms with Gasteiger partial charge in [0.15, 0.2) is 0 Å². The third-order valence-electron chi connectivity index (χ3n) is 4.24. The lowest BCUT2D eigenvalue weighted by Gasteiger charge is -2.28. The summed E-state index contributed by atoms with van der Waals surface area (Å²) in [5, 5.41) is 8.53. The molecule has 1 N–H and O–H groups in total. The van der Waals surface area contributed by atoms with E-state index < -0.39 is 6.04 Å². The van der Waals surface area contributed by atoms with E-state index in [4.69, 9.17) is 9.47 Å². The number of aromatic nitrogens is 3. The molecular weight excluding hydrogens is 376 g/mol. The van der Waals surface area contributed by atoms with Gasteiger partial charge in [-0.1, -0.05) is 30.8 Å². The van der Waals surface area contributed by atoms with Gasteiger partial charge in [0.1, 0.15) is 11.8 Å². The van der Waals surface area contributed by atoms with Crippen molar-refractivity contribution in [3.8, 4) is 5.75 Å². The van der Waals surface area contributed by atoms with Crippen molar-refractivity contribution in [2.75, 3.05) is 18.2 Å². The van der Waals surface area contributed by atoms with Crippen molar-refractivity contribution < 1.29 is 14.3 Å². The Labute approximate surface area is 169 Å². The maximum atomic E-state index is 12.6. The highest BCUT2D eigenvalue weighted by Crippen LogP contribution is 2.37. The molecule has 28 heavy (non-hydrogen) atoms. The minimum absolute atomic E-state index is 0.0950. The number of methoxy groups -OCH3 is 1. The highest BCUT2D eigenvalue weighted by Gasteiger charge is 2.34. The molecule has 0 aliphatic carbocycles. The van der Waals surface area contributed by atoms with Crippen LogP contribution in [-0.2, 0) is 9.53 Å². The van der Waals surface area contributed by atoms with Crippen molar-refractivity contribution in [3.63, 3.8) is 0 Å². The first kappa shape index (κ1) is 20.3. The number of thioether (sulfide) groups is 1. The Hall–Kier alpha value is -2.48. The number of allylic oxidation sites excluding steroid dienone is 1. The van der Waals surface area contributed by atoms with Gasteiger partial charge in [0, 0.05) is 11.4 Å². The number of rotatable bonds is 7. The minimum Gasteiger partial charge on any atom is -0.491 e. The summed E-state index contributed by atoms with van der Waals surface area (Å²) >= 11 is 1.60. The van der Waals surface area contributed by atoms with Gasteiger partial charge in [-0.3, -0.25) is 0 Å². The molecule has 0 saturated carbocycles. The number of carbonyl (C=O) groups is 1. The molecule has 1 aliphatic heterocycles. The van der Waals surface area contributed by atoms with Crippen LogP contribution in [0.25, 0.3) is 0 Å². The Morgan fingerprint density at radius 3 is 2.64 bits per heavy atom. The lowest BCUT2D eigenvalue weighted by molar-refractivity contribution is -0.136. The van der Waals surface area contributed by atoms with E-state index in [0.29, 0.717) is 22.4 Å². The Morgan fingerprint density at radius 2 is 2.04 bits per heavy atom. The summed E-state index contributed by atoms with van der Waals surface area (Å²) in [6.07, 6.45) is 1.13. The molecule has 0 radical (unpaired) electrons. The van der Waals surface area contributed by atoms with E-state index in [9.17, 15) is 4.79 Å². The third-order valence-corrected chi connectivity index (χ3v) is 5.28. The van der Waals surface area contributed by atoms with Crippen LogP contribution in [0.2, 0.25) is 0 Å². The monoisotopic (exact) mass is 402 g/mol. The SMILES string of the molecule is CCCSc1nc2n(n1)C(c1ccc(OC(C)C)cc1)C(C(=O)OC)=C(C)N2. The number of ether oxygens (including phenoxy) is 2. The van der Waals surface area contributed by atoms with E-state index in [-0.39, 0.29) is 12.1 Å². The molecule has 150 valence electrons. The molecule has 0 fully saturated rings. The predicted octanol–water partition coefficient (Wildman–Crippen LogP) is 4.03. The van der Waals surface area contributed by atoms with Gasteiger partial charge in [0.25, 0.3) is 0 Å². The minimum atomic E-state index is -0.416. The normalized spacial score (nSPS) is 16.0. The van der Waals surface area contributed by atoms with E-state index >= 15 is 0 Å². The summed E-state index contributed by atoms with van der Waals surface area (Å²) in [5.41, 5.74) is 2.14. The van der Waals surface area contributed by atoms with Crippen LogP contribution in [0.5, 0.6) is 5.75 Å². The summed E-state index contributed by atoms with van der Waals surface area (Å²) in [6, 6.07) is 7.30. The molecule has 1 atom stereocenters. The van der Waals surface area contributed by atoms with E-state index in [1.54, 1.807) is 16.4 Å². The number of esters is 1. The molecular formula is C20H26N4O3S. The van der Waals surface area contributed by atoms with Crippen molar-refractivity contribution in [2.45, 2.75) is 51.4 Å². The Balaban J connectivity index is 2.03. The molecule has 1 aromatic carbocycles. The predicted molar refractivity (Wildman–Crippen MR) is 110 cm³/mol. The quantitative estimate of drug-likeness (QED) is 0.553. The maximum Gasteiger partial charge on any atom is 0.338 e. The number of carbonyl (C=O) groups excluding carboxylic acids is 1. The number of anilines is 1. The zero-order chi connectivity index (χ0) is 20.3. The van der Waals surface area contributed by atoms with Crippen molar-refractivity contribution in [3.05, 3.63) is 41.1 Å². The van der Waals surface area contributed by atoms with Gasteiger partial charge in [0.05, 0.1) is 18.8 Å². The molecule has 0 amide bonds. The third kappa shape index (κ3) is 4.16. The lowest BCUT2D eigenvalue weighted by Crippen LogP contribution is -2.29. The maximum absolute atomic E-state index is 12.6. The summed E-state index contributed by atoms with van der Waals surface area (Å²) < 4.78 is 12.5. The zero-order valence-corrected chi connectivity index (χ0v) is 17.7. The van der Waals surface area contributed by atoms with Gasteiger partial charge in [-0.15, -0.1) is 5.10 Å². The van der Waals surface area contributed by atoms with E-state index in [1.165, 1.54) is 7.11 Å². The van der Waals surface area contributed by atoms with Crippen LogP contribution < -0.4 is 10.1 Å². The fraction of sp³-hybridized carbons (Fsp3) is 0.450. The van der Waals surface area contributed by atoms with Crippen LogP contribution in [0.4, 0.5) is 5.95 Å². The van der Waals surface area contributed by atoms with Crippen LogP contribution in [0.15, 0.2) is 40.7 Å². The van der Waals surface area contributed by atoms with Crippen molar-refractivity contribution in [1.82, 2.24) is 14.8 Å². The van der Waals surface area contributed by atoms with E-state index in [2.05, 4.69) is 22.3 Å². The Bertz CT molecular complexity index is 874. The summed E-state index contributed by atoms with van der Waals surface area (Å²) in [6.45, 7) is 7.94. The van der Waals surface area contributed by atoms with E-state index in [1.807, 2.05) is 45.0 Å².